The van der Waals surface area contributed by atoms with Crippen LogP contribution in [0.25, 0.3) is 0 Å². The van der Waals surface area contributed by atoms with E-state index in [1.165, 1.54) is 6.42 Å². The van der Waals surface area contributed by atoms with Crippen LogP contribution in [0.5, 0.6) is 0 Å². The number of carbonyl (C=O) groups is 2. The van der Waals surface area contributed by atoms with Gasteiger partial charge in [0.15, 0.2) is 0 Å². The Balaban J connectivity index is 1.68. The van der Waals surface area contributed by atoms with E-state index < -0.39 is 0 Å². The number of anilines is 1. The second kappa shape index (κ2) is 7.73. The molecule has 4 nitrogen and oxygen atoms in total. The Labute approximate surface area is 155 Å². The summed E-state index contributed by atoms with van der Waals surface area (Å²) in [7, 11) is 0. The van der Waals surface area contributed by atoms with Crippen LogP contribution in [0.4, 0.5) is 5.69 Å². The van der Waals surface area contributed by atoms with Crippen molar-refractivity contribution in [1.82, 2.24) is 4.90 Å². The normalized spacial score (nSPS) is 17.0. The van der Waals surface area contributed by atoms with E-state index in [0.717, 1.165) is 36.3 Å². The molecule has 1 atom stereocenters. The fourth-order valence-corrected chi connectivity index (χ4v) is 3.57. The first-order chi connectivity index (χ1) is 12.4. The summed E-state index contributed by atoms with van der Waals surface area (Å²) in [4.78, 5) is 27.0. The van der Waals surface area contributed by atoms with Gasteiger partial charge in [-0.2, -0.15) is 0 Å². The number of amides is 2. The zero-order valence-corrected chi connectivity index (χ0v) is 15.7. The van der Waals surface area contributed by atoms with Gasteiger partial charge in [-0.3, -0.25) is 9.59 Å². The summed E-state index contributed by atoms with van der Waals surface area (Å²) in [5.41, 5.74) is 4.19. The number of aryl methyl sites for hydroxylation is 2. The van der Waals surface area contributed by atoms with E-state index in [2.05, 4.69) is 18.3 Å². The number of rotatable bonds is 3. The van der Waals surface area contributed by atoms with Crippen molar-refractivity contribution in [3.63, 3.8) is 0 Å². The van der Waals surface area contributed by atoms with Crippen molar-refractivity contribution < 1.29 is 9.59 Å². The van der Waals surface area contributed by atoms with Crippen LogP contribution < -0.4 is 5.32 Å². The van der Waals surface area contributed by atoms with Crippen molar-refractivity contribution in [2.24, 2.45) is 5.92 Å². The highest BCUT2D eigenvalue weighted by Gasteiger charge is 2.22. The van der Waals surface area contributed by atoms with Gasteiger partial charge in [0, 0.05) is 29.9 Å². The summed E-state index contributed by atoms with van der Waals surface area (Å²) < 4.78 is 0. The zero-order valence-electron chi connectivity index (χ0n) is 15.7. The fraction of sp³-hybridized carbons (Fsp3) is 0.364. The van der Waals surface area contributed by atoms with Crippen LogP contribution in [0.2, 0.25) is 0 Å². The van der Waals surface area contributed by atoms with Crippen molar-refractivity contribution in [3.05, 3.63) is 64.7 Å². The minimum absolute atomic E-state index is 0.0535. The van der Waals surface area contributed by atoms with Crippen LogP contribution in [0, 0.1) is 19.8 Å². The number of nitrogens with zero attached hydrogens (tertiary/aromatic N) is 1. The average Bonchev–Trinajstić information content (AvgIpc) is 2.60. The molecule has 1 unspecified atom stereocenters. The van der Waals surface area contributed by atoms with Crippen molar-refractivity contribution in [3.8, 4) is 0 Å². The van der Waals surface area contributed by atoms with Crippen LogP contribution in [0.1, 0.15) is 51.6 Å². The summed E-state index contributed by atoms with van der Waals surface area (Å²) in [6, 6.07) is 12.9. The first kappa shape index (κ1) is 18.2. The van der Waals surface area contributed by atoms with E-state index >= 15 is 0 Å². The summed E-state index contributed by atoms with van der Waals surface area (Å²) in [6.07, 6.45) is 2.24. The van der Waals surface area contributed by atoms with Gasteiger partial charge < -0.3 is 10.2 Å². The molecule has 1 saturated heterocycles. The van der Waals surface area contributed by atoms with Gasteiger partial charge in [-0.15, -0.1) is 0 Å². The van der Waals surface area contributed by atoms with Gasteiger partial charge in [0.2, 0.25) is 0 Å². The minimum atomic E-state index is -0.166. The molecule has 0 radical (unpaired) electrons. The second-order valence-electron chi connectivity index (χ2n) is 7.41. The number of piperidine rings is 1. The molecule has 4 heteroatoms. The Morgan fingerprint density at radius 3 is 2.23 bits per heavy atom. The molecular formula is C22H26N2O2. The monoisotopic (exact) mass is 350 g/mol. The van der Waals surface area contributed by atoms with Gasteiger partial charge in [-0.1, -0.05) is 13.0 Å². The summed E-state index contributed by atoms with van der Waals surface area (Å²) in [5, 5.41) is 2.92. The molecule has 136 valence electrons. The third-order valence-corrected chi connectivity index (χ3v) is 4.82. The van der Waals surface area contributed by atoms with Gasteiger partial charge in [-0.05, 0) is 80.1 Å². The van der Waals surface area contributed by atoms with E-state index in [4.69, 9.17) is 0 Å². The van der Waals surface area contributed by atoms with E-state index in [0.29, 0.717) is 17.0 Å². The third kappa shape index (κ3) is 4.31. The quantitative estimate of drug-likeness (QED) is 0.890. The van der Waals surface area contributed by atoms with Gasteiger partial charge >= 0.3 is 0 Å². The Bertz CT molecular complexity index is 791. The lowest BCUT2D eigenvalue weighted by atomic mass is 9.99. The second-order valence-corrected chi connectivity index (χ2v) is 7.41. The number of nitrogens with one attached hydrogen (secondary N) is 1. The van der Waals surface area contributed by atoms with Gasteiger partial charge in [-0.25, -0.2) is 0 Å². The van der Waals surface area contributed by atoms with Crippen LogP contribution in [0.3, 0.4) is 0 Å². The lowest BCUT2D eigenvalue weighted by molar-refractivity contribution is 0.0682. The Kier molecular flexibility index (Phi) is 5.40. The first-order valence-corrected chi connectivity index (χ1v) is 9.21. The molecule has 2 aromatic rings. The van der Waals surface area contributed by atoms with E-state index in [1.54, 1.807) is 24.3 Å². The number of hydrogen-bond acceptors (Lipinski definition) is 2. The van der Waals surface area contributed by atoms with E-state index in [-0.39, 0.29) is 11.8 Å². The zero-order chi connectivity index (χ0) is 18.7. The standard InChI is InChI=1S/C22H26N2O2/c1-15-5-4-10-24(14-15)22(26)19-8-6-18(7-9-19)21(25)23-20-12-16(2)11-17(3)13-20/h6-9,11-13,15H,4-5,10,14H2,1-3H3,(H,23,25). The van der Waals surface area contributed by atoms with Gasteiger partial charge in [0.1, 0.15) is 0 Å². The van der Waals surface area contributed by atoms with Gasteiger partial charge in [0.25, 0.3) is 11.8 Å². The SMILES string of the molecule is Cc1cc(C)cc(NC(=O)c2ccc(C(=O)N3CCCC(C)C3)cc2)c1. The molecule has 0 saturated carbocycles. The molecule has 1 aliphatic rings. The highest BCUT2D eigenvalue weighted by molar-refractivity contribution is 6.05. The molecule has 2 amide bonds. The average molecular weight is 350 g/mol. The molecule has 1 fully saturated rings. The Morgan fingerprint density at radius 2 is 1.62 bits per heavy atom. The van der Waals surface area contributed by atoms with Crippen molar-refractivity contribution in [2.75, 3.05) is 18.4 Å². The molecular weight excluding hydrogens is 324 g/mol. The molecule has 1 N–H and O–H groups in total. The Hall–Kier alpha value is -2.62. The smallest absolute Gasteiger partial charge is 0.255 e. The maximum atomic E-state index is 12.6. The van der Waals surface area contributed by atoms with Crippen LogP contribution in [-0.2, 0) is 0 Å². The summed E-state index contributed by atoms with van der Waals surface area (Å²) in [6.45, 7) is 7.82. The molecule has 0 aliphatic carbocycles. The number of carbonyl (C=O) groups excluding carboxylic acids is 2. The molecule has 0 spiro atoms. The maximum Gasteiger partial charge on any atom is 0.255 e. The molecule has 1 heterocycles. The molecule has 26 heavy (non-hydrogen) atoms. The lowest BCUT2D eigenvalue weighted by Gasteiger charge is -2.31. The summed E-state index contributed by atoms with van der Waals surface area (Å²) >= 11 is 0. The molecule has 0 bridgehead atoms. The largest absolute Gasteiger partial charge is 0.338 e. The van der Waals surface area contributed by atoms with Crippen molar-refractivity contribution >= 4 is 17.5 Å². The number of benzene rings is 2. The molecule has 0 aromatic heterocycles. The highest BCUT2D eigenvalue weighted by Crippen LogP contribution is 2.19. The fourth-order valence-electron chi connectivity index (χ4n) is 3.57. The third-order valence-electron chi connectivity index (χ3n) is 4.82. The topological polar surface area (TPSA) is 49.4 Å². The predicted octanol–water partition coefficient (Wildman–Crippen LogP) is 4.43. The maximum absolute atomic E-state index is 12.6. The first-order valence-electron chi connectivity index (χ1n) is 9.21. The predicted molar refractivity (Wildman–Crippen MR) is 105 cm³/mol. The molecule has 1 aliphatic heterocycles. The molecule has 3 rings (SSSR count). The van der Waals surface area contributed by atoms with Crippen LogP contribution in [0.15, 0.2) is 42.5 Å². The van der Waals surface area contributed by atoms with Crippen LogP contribution >= 0.6 is 0 Å². The Morgan fingerprint density at radius 1 is 1.00 bits per heavy atom. The number of hydrogen-bond donors (Lipinski definition) is 1. The van der Waals surface area contributed by atoms with Crippen LogP contribution in [-0.4, -0.2) is 29.8 Å². The number of likely N-dealkylation sites (tertiary alicyclic amines) is 1. The van der Waals surface area contributed by atoms with Crippen molar-refractivity contribution in [2.45, 2.75) is 33.6 Å². The molecule has 2 aromatic carbocycles. The lowest BCUT2D eigenvalue weighted by Crippen LogP contribution is -2.39. The highest BCUT2D eigenvalue weighted by atomic mass is 16.2. The summed E-state index contributed by atoms with van der Waals surface area (Å²) in [5.74, 6) is 0.439. The van der Waals surface area contributed by atoms with E-state index in [1.807, 2.05) is 30.9 Å². The van der Waals surface area contributed by atoms with E-state index in [9.17, 15) is 9.59 Å². The minimum Gasteiger partial charge on any atom is -0.338 e. The van der Waals surface area contributed by atoms with Crippen molar-refractivity contribution in [1.29, 1.82) is 0 Å². The van der Waals surface area contributed by atoms with Gasteiger partial charge in [0.05, 0.1) is 0 Å².